The molecule has 0 radical (unpaired) electrons. The highest BCUT2D eigenvalue weighted by Crippen LogP contribution is 2.24. The Bertz CT molecular complexity index is 863. The molecule has 0 saturated heterocycles. The van der Waals surface area contributed by atoms with E-state index in [1.807, 2.05) is 0 Å². The minimum absolute atomic E-state index is 0.129. The molecule has 0 aliphatic rings. The Labute approximate surface area is 141 Å². The topological polar surface area (TPSA) is 96.9 Å². The third-order valence-electron chi connectivity index (χ3n) is 3.32. The van der Waals surface area contributed by atoms with Gasteiger partial charge >= 0.3 is 0 Å². The minimum atomic E-state index is -1.21. The number of aromatic nitrogens is 3. The highest BCUT2D eigenvalue weighted by Gasteiger charge is 2.12. The fourth-order valence-electron chi connectivity index (χ4n) is 2.06. The quantitative estimate of drug-likeness (QED) is 0.556. The molecule has 24 heavy (non-hydrogen) atoms. The van der Waals surface area contributed by atoms with E-state index >= 15 is 0 Å². The van der Waals surface area contributed by atoms with Crippen molar-refractivity contribution in [2.75, 3.05) is 5.84 Å². The highest BCUT2D eigenvalue weighted by molar-refractivity contribution is 7.98. The lowest BCUT2D eigenvalue weighted by molar-refractivity contribution is -0.255. The van der Waals surface area contributed by atoms with Gasteiger partial charge in [0.05, 0.1) is 5.97 Å². The van der Waals surface area contributed by atoms with Crippen LogP contribution < -0.4 is 10.9 Å². The molecular formula is C16H12FN4O2S-. The smallest absolute Gasteiger partial charge is 0.210 e. The molecule has 1 heterocycles. The van der Waals surface area contributed by atoms with Gasteiger partial charge in [0.25, 0.3) is 0 Å². The van der Waals surface area contributed by atoms with E-state index in [9.17, 15) is 14.3 Å². The molecule has 2 aromatic carbocycles. The lowest BCUT2D eigenvalue weighted by Gasteiger charge is -2.05. The molecule has 0 saturated carbocycles. The molecule has 0 fully saturated rings. The van der Waals surface area contributed by atoms with Crippen LogP contribution in [0.2, 0.25) is 0 Å². The van der Waals surface area contributed by atoms with Crippen LogP contribution >= 0.6 is 11.8 Å². The highest BCUT2D eigenvalue weighted by atomic mass is 32.2. The largest absolute Gasteiger partial charge is 0.545 e. The van der Waals surface area contributed by atoms with Gasteiger partial charge in [-0.25, -0.2) is 9.07 Å². The van der Waals surface area contributed by atoms with Crippen molar-refractivity contribution in [3.8, 4) is 11.4 Å². The SMILES string of the molecule is Nn1c(SCc2ccc(C(=O)[O-])cc2)nnc1-c1ccc(F)cc1. The fraction of sp³-hybridized carbons (Fsp3) is 0.0625. The predicted molar refractivity (Wildman–Crippen MR) is 85.9 cm³/mol. The summed E-state index contributed by atoms with van der Waals surface area (Å²) in [6.45, 7) is 0. The van der Waals surface area contributed by atoms with Crippen molar-refractivity contribution in [2.45, 2.75) is 10.9 Å². The zero-order valence-electron chi connectivity index (χ0n) is 12.3. The van der Waals surface area contributed by atoms with E-state index in [4.69, 9.17) is 5.84 Å². The number of aromatic carboxylic acids is 1. The van der Waals surface area contributed by atoms with Crippen molar-refractivity contribution < 1.29 is 14.3 Å². The molecule has 122 valence electrons. The summed E-state index contributed by atoms with van der Waals surface area (Å²) < 4.78 is 14.3. The van der Waals surface area contributed by atoms with Crippen LogP contribution in [0.5, 0.6) is 0 Å². The van der Waals surface area contributed by atoms with E-state index in [0.29, 0.717) is 22.3 Å². The number of carbonyl (C=O) groups is 1. The van der Waals surface area contributed by atoms with Gasteiger partial charge in [0, 0.05) is 11.3 Å². The molecule has 0 amide bonds. The molecular weight excluding hydrogens is 331 g/mol. The van der Waals surface area contributed by atoms with Gasteiger partial charge in [0.15, 0.2) is 5.82 Å². The van der Waals surface area contributed by atoms with Crippen molar-refractivity contribution >= 4 is 17.7 Å². The van der Waals surface area contributed by atoms with Gasteiger partial charge in [-0.05, 0) is 35.4 Å². The maximum atomic E-state index is 13.0. The molecule has 0 aliphatic carbocycles. The number of hydrogen-bond donors (Lipinski definition) is 1. The molecule has 1 aromatic heterocycles. The van der Waals surface area contributed by atoms with Crippen LogP contribution in [0.1, 0.15) is 15.9 Å². The summed E-state index contributed by atoms with van der Waals surface area (Å²) >= 11 is 1.36. The molecule has 0 bridgehead atoms. The van der Waals surface area contributed by atoms with Crippen molar-refractivity contribution in [2.24, 2.45) is 0 Å². The number of carboxylic acids is 1. The predicted octanol–water partition coefficient (Wildman–Crippen LogP) is 1.45. The van der Waals surface area contributed by atoms with E-state index in [1.165, 1.54) is 40.7 Å². The summed E-state index contributed by atoms with van der Waals surface area (Å²) in [5, 5.41) is 19.3. The number of carboxylic acid groups (broad SMARTS) is 1. The van der Waals surface area contributed by atoms with Crippen molar-refractivity contribution in [1.82, 2.24) is 14.9 Å². The van der Waals surface area contributed by atoms with Crippen LogP contribution in [0.3, 0.4) is 0 Å². The van der Waals surface area contributed by atoms with Crippen LogP contribution in [0.25, 0.3) is 11.4 Å². The standard InChI is InChI=1S/C16H13FN4O2S/c17-13-7-5-11(6-8-13)14-19-20-16(21(14)18)24-9-10-1-3-12(4-2-10)15(22)23/h1-8H,9,18H2,(H,22,23)/p-1. The van der Waals surface area contributed by atoms with Gasteiger partial charge < -0.3 is 15.7 Å². The zero-order valence-corrected chi connectivity index (χ0v) is 13.2. The number of nitrogens with two attached hydrogens (primary N) is 1. The van der Waals surface area contributed by atoms with Gasteiger partial charge in [-0.3, -0.25) is 0 Å². The fourth-order valence-corrected chi connectivity index (χ4v) is 2.87. The monoisotopic (exact) mass is 343 g/mol. The Balaban J connectivity index is 1.72. The van der Waals surface area contributed by atoms with Crippen LogP contribution in [0.4, 0.5) is 4.39 Å². The summed E-state index contributed by atoms with van der Waals surface area (Å²) in [5.41, 5.74) is 1.71. The van der Waals surface area contributed by atoms with Gasteiger partial charge in [0.2, 0.25) is 5.16 Å². The molecule has 3 rings (SSSR count). The second-order valence-corrected chi connectivity index (χ2v) is 5.90. The number of halogens is 1. The van der Waals surface area contributed by atoms with Crippen molar-refractivity contribution in [3.05, 3.63) is 65.5 Å². The van der Waals surface area contributed by atoms with Crippen molar-refractivity contribution in [1.29, 1.82) is 0 Å². The summed E-state index contributed by atoms with van der Waals surface area (Å²) in [5.74, 6) is 5.43. The van der Waals surface area contributed by atoms with E-state index < -0.39 is 5.97 Å². The lowest BCUT2D eigenvalue weighted by atomic mass is 10.1. The van der Waals surface area contributed by atoms with Crippen molar-refractivity contribution in [3.63, 3.8) is 0 Å². The van der Waals surface area contributed by atoms with Crippen LogP contribution in [-0.2, 0) is 5.75 Å². The number of hydrogen-bond acceptors (Lipinski definition) is 6. The Kier molecular flexibility index (Phi) is 4.48. The maximum Gasteiger partial charge on any atom is 0.210 e. The number of nitrogens with zero attached hydrogens (tertiary/aromatic N) is 3. The first-order chi connectivity index (χ1) is 11.5. The summed E-state index contributed by atoms with van der Waals surface area (Å²) in [4.78, 5) is 10.7. The van der Waals surface area contributed by atoms with Gasteiger partial charge in [0.1, 0.15) is 5.82 Å². The lowest BCUT2D eigenvalue weighted by Crippen LogP contribution is -2.21. The van der Waals surface area contributed by atoms with E-state index in [1.54, 1.807) is 24.3 Å². The summed E-state index contributed by atoms with van der Waals surface area (Å²) in [6.07, 6.45) is 0. The number of benzene rings is 2. The summed E-state index contributed by atoms with van der Waals surface area (Å²) in [7, 11) is 0. The van der Waals surface area contributed by atoms with Crippen LogP contribution in [-0.4, -0.2) is 20.8 Å². The van der Waals surface area contributed by atoms with E-state index in [-0.39, 0.29) is 11.4 Å². The minimum Gasteiger partial charge on any atom is -0.545 e. The molecule has 0 spiro atoms. The third kappa shape index (κ3) is 3.38. The number of rotatable bonds is 5. The van der Waals surface area contributed by atoms with Crippen LogP contribution in [0, 0.1) is 5.82 Å². The van der Waals surface area contributed by atoms with E-state index in [0.717, 1.165) is 5.56 Å². The number of carbonyl (C=O) groups excluding carboxylic acids is 1. The van der Waals surface area contributed by atoms with Gasteiger partial charge in [-0.1, -0.05) is 36.0 Å². The average Bonchev–Trinajstić information content (AvgIpc) is 2.95. The third-order valence-corrected chi connectivity index (χ3v) is 4.34. The van der Waals surface area contributed by atoms with E-state index in [2.05, 4.69) is 10.2 Å². The Morgan fingerprint density at radius 2 is 1.79 bits per heavy atom. The Morgan fingerprint density at radius 3 is 2.42 bits per heavy atom. The normalized spacial score (nSPS) is 10.7. The number of thioether (sulfide) groups is 1. The molecule has 2 N–H and O–H groups in total. The molecule has 3 aromatic rings. The molecule has 0 aliphatic heterocycles. The van der Waals surface area contributed by atoms with Crippen LogP contribution in [0.15, 0.2) is 53.7 Å². The number of nitrogen functional groups attached to an aromatic ring is 1. The van der Waals surface area contributed by atoms with Gasteiger partial charge in [-0.15, -0.1) is 10.2 Å². The Morgan fingerprint density at radius 1 is 1.12 bits per heavy atom. The average molecular weight is 343 g/mol. The zero-order chi connectivity index (χ0) is 17.1. The summed E-state index contributed by atoms with van der Waals surface area (Å²) in [6, 6.07) is 12.2. The first-order valence-electron chi connectivity index (χ1n) is 6.94. The second-order valence-electron chi connectivity index (χ2n) is 4.96. The molecule has 6 nitrogen and oxygen atoms in total. The molecule has 8 heteroatoms. The maximum absolute atomic E-state index is 13.0. The molecule has 0 atom stereocenters. The molecule has 0 unspecified atom stereocenters. The second kappa shape index (κ2) is 6.71. The first kappa shape index (κ1) is 16.0. The van der Waals surface area contributed by atoms with Gasteiger partial charge in [-0.2, -0.15) is 0 Å². The first-order valence-corrected chi connectivity index (χ1v) is 7.92. The Hall–Kier alpha value is -2.87.